The number of hydrogen-bond acceptors (Lipinski definition) is 3. The summed E-state index contributed by atoms with van der Waals surface area (Å²) in [6.45, 7) is 8.34. The Hall–Kier alpha value is -2.43. The number of nitrogens with zero attached hydrogens (tertiary/aromatic N) is 2. The first-order valence-corrected chi connectivity index (χ1v) is 10.9. The highest BCUT2D eigenvalue weighted by atomic mass is 16.2. The van der Waals surface area contributed by atoms with Gasteiger partial charge in [-0.15, -0.1) is 0 Å². The minimum absolute atomic E-state index is 0.0946. The molecule has 1 N–H and O–H groups in total. The zero-order valence-electron chi connectivity index (χ0n) is 18.1. The van der Waals surface area contributed by atoms with Crippen LogP contribution < -0.4 is 5.32 Å². The molecule has 0 atom stereocenters. The molecule has 0 radical (unpaired) electrons. The first-order chi connectivity index (χ1) is 13.9. The lowest BCUT2D eigenvalue weighted by atomic mass is 9.88. The highest BCUT2D eigenvalue weighted by molar-refractivity contribution is 5.97. The third kappa shape index (κ3) is 5.14. The minimum atomic E-state index is -0.133. The molecule has 0 spiro atoms. The molecule has 5 nitrogen and oxygen atoms in total. The van der Waals surface area contributed by atoms with Crippen LogP contribution in [0.25, 0.3) is 0 Å². The number of carbonyl (C=O) groups is 2. The molecule has 156 valence electrons. The molecule has 0 aliphatic heterocycles. The minimum Gasteiger partial charge on any atom is -0.326 e. The molecule has 0 saturated heterocycles. The molecule has 1 heterocycles. The predicted molar refractivity (Wildman–Crippen MR) is 116 cm³/mol. The summed E-state index contributed by atoms with van der Waals surface area (Å²) in [5.41, 5.74) is 4.32. The Kier molecular flexibility index (Phi) is 6.88. The van der Waals surface area contributed by atoms with Crippen LogP contribution in [0, 0.1) is 25.7 Å². The SMILES string of the molecule is Cc1nn(C(=O)c2ccc(NC(=O)C3CCCCC3)cc2)c(C)c1CCC(C)C. The molecule has 29 heavy (non-hydrogen) atoms. The van der Waals surface area contributed by atoms with Crippen LogP contribution in [0.15, 0.2) is 24.3 Å². The highest BCUT2D eigenvalue weighted by Gasteiger charge is 2.21. The van der Waals surface area contributed by atoms with Crippen LogP contribution in [-0.2, 0) is 11.2 Å². The average molecular weight is 396 g/mol. The topological polar surface area (TPSA) is 64.0 Å². The van der Waals surface area contributed by atoms with Gasteiger partial charge in [-0.2, -0.15) is 5.10 Å². The van der Waals surface area contributed by atoms with Gasteiger partial charge in [-0.25, -0.2) is 4.68 Å². The maximum absolute atomic E-state index is 13.0. The van der Waals surface area contributed by atoms with Gasteiger partial charge in [0, 0.05) is 22.9 Å². The Morgan fingerprint density at radius 2 is 1.76 bits per heavy atom. The van der Waals surface area contributed by atoms with Gasteiger partial charge in [-0.05, 0) is 75.3 Å². The second-order valence-corrected chi connectivity index (χ2v) is 8.70. The van der Waals surface area contributed by atoms with E-state index in [1.54, 1.807) is 24.3 Å². The maximum atomic E-state index is 13.0. The lowest BCUT2D eigenvalue weighted by molar-refractivity contribution is -0.120. The molecule has 3 rings (SSSR count). The van der Waals surface area contributed by atoms with Crippen LogP contribution in [0.2, 0.25) is 0 Å². The fourth-order valence-corrected chi connectivity index (χ4v) is 4.10. The van der Waals surface area contributed by atoms with Crippen molar-refractivity contribution in [3.8, 4) is 0 Å². The number of benzene rings is 1. The third-order valence-corrected chi connectivity index (χ3v) is 5.98. The van der Waals surface area contributed by atoms with Gasteiger partial charge in [0.05, 0.1) is 5.69 Å². The van der Waals surface area contributed by atoms with E-state index in [-0.39, 0.29) is 17.7 Å². The fourth-order valence-electron chi connectivity index (χ4n) is 4.10. The van der Waals surface area contributed by atoms with Crippen molar-refractivity contribution in [2.75, 3.05) is 5.32 Å². The van der Waals surface area contributed by atoms with Gasteiger partial charge in [-0.3, -0.25) is 9.59 Å². The summed E-state index contributed by atoms with van der Waals surface area (Å²) in [7, 11) is 0. The molecular weight excluding hydrogens is 362 g/mol. The fraction of sp³-hybridized carbons (Fsp3) is 0.542. The number of aryl methyl sites for hydroxylation is 1. The number of hydrogen-bond donors (Lipinski definition) is 1. The number of nitrogens with one attached hydrogen (secondary N) is 1. The molecule has 1 fully saturated rings. The van der Waals surface area contributed by atoms with Gasteiger partial charge < -0.3 is 5.32 Å². The summed E-state index contributed by atoms with van der Waals surface area (Å²) in [6.07, 6.45) is 7.46. The number of amides is 1. The zero-order valence-corrected chi connectivity index (χ0v) is 18.1. The van der Waals surface area contributed by atoms with Gasteiger partial charge in [0.1, 0.15) is 0 Å². The van der Waals surface area contributed by atoms with Crippen LogP contribution in [-0.4, -0.2) is 21.6 Å². The van der Waals surface area contributed by atoms with Gasteiger partial charge in [-0.1, -0.05) is 33.1 Å². The molecule has 1 amide bonds. The Labute approximate surface area is 173 Å². The Morgan fingerprint density at radius 1 is 1.10 bits per heavy atom. The number of carbonyl (C=O) groups excluding carboxylic acids is 2. The van der Waals surface area contributed by atoms with Crippen LogP contribution in [0.1, 0.15) is 79.7 Å². The Morgan fingerprint density at radius 3 is 2.38 bits per heavy atom. The number of aromatic nitrogens is 2. The normalized spacial score (nSPS) is 14.9. The van der Waals surface area contributed by atoms with E-state index in [2.05, 4.69) is 24.3 Å². The van der Waals surface area contributed by atoms with E-state index in [0.717, 1.165) is 55.6 Å². The van der Waals surface area contributed by atoms with E-state index in [0.29, 0.717) is 11.5 Å². The molecule has 0 unspecified atom stereocenters. The average Bonchev–Trinajstić information content (AvgIpc) is 3.00. The van der Waals surface area contributed by atoms with E-state index in [9.17, 15) is 9.59 Å². The van der Waals surface area contributed by atoms with Crippen molar-refractivity contribution in [1.82, 2.24) is 9.78 Å². The van der Waals surface area contributed by atoms with Gasteiger partial charge in [0.2, 0.25) is 5.91 Å². The summed E-state index contributed by atoms with van der Waals surface area (Å²) in [5, 5.41) is 7.49. The van der Waals surface area contributed by atoms with Crippen molar-refractivity contribution in [2.24, 2.45) is 11.8 Å². The van der Waals surface area contributed by atoms with Crippen molar-refractivity contribution in [3.05, 3.63) is 46.8 Å². The summed E-state index contributed by atoms with van der Waals surface area (Å²) in [4.78, 5) is 25.4. The van der Waals surface area contributed by atoms with Crippen molar-refractivity contribution >= 4 is 17.5 Å². The molecule has 1 saturated carbocycles. The summed E-state index contributed by atoms with van der Waals surface area (Å²) in [5.74, 6) is 0.692. The van der Waals surface area contributed by atoms with E-state index in [1.807, 2.05) is 13.8 Å². The van der Waals surface area contributed by atoms with E-state index in [1.165, 1.54) is 16.7 Å². The monoisotopic (exact) mass is 395 g/mol. The Bertz CT molecular complexity index is 859. The molecule has 1 aliphatic carbocycles. The van der Waals surface area contributed by atoms with Gasteiger partial charge >= 0.3 is 0 Å². The molecule has 2 aromatic rings. The van der Waals surface area contributed by atoms with Crippen molar-refractivity contribution in [1.29, 1.82) is 0 Å². The first-order valence-electron chi connectivity index (χ1n) is 10.9. The second-order valence-electron chi connectivity index (χ2n) is 8.70. The van der Waals surface area contributed by atoms with Crippen molar-refractivity contribution in [2.45, 2.75) is 72.6 Å². The standard InChI is InChI=1S/C24H33N3O2/c1-16(2)10-15-22-17(3)26-27(18(22)4)24(29)20-11-13-21(14-12-20)25-23(28)19-8-6-5-7-9-19/h11-14,16,19H,5-10,15H2,1-4H3,(H,25,28). The van der Waals surface area contributed by atoms with Crippen molar-refractivity contribution in [3.63, 3.8) is 0 Å². The molecule has 0 bridgehead atoms. The van der Waals surface area contributed by atoms with Gasteiger partial charge in [0.25, 0.3) is 5.91 Å². The highest BCUT2D eigenvalue weighted by Crippen LogP contribution is 2.25. The first kappa shape index (κ1) is 21.3. The summed E-state index contributed by atoms with van der Waals surface area (Å²) < 4.78 is 1.51. The summed E-state index contributed by atoms with van der Waals surface area (Å²) in [6, 6.07) is 7.14. The van der Waals surface area contributed by atoms with Gasteiger partial charge in [0.15, 0.2) is 0 Å². The third-order valence-electron chi connectivity index (χ3n) is 5.98. The maximum Gasteiger partial charge on any atom is 0.278 e. The summed E-state index contributed by atoms with van der Waals surface area (Å²) >= 11 is 0. The zero-order chi connectivity index (χ0) is 21.0. The van der Waals surface area contributed by atoms with Crippen LogP contribution in [0.3, 0.4) is 0 Å². The second kappa shape index (κ2) is 9.38. The van der Waals surface area contributed by atoms with Crippen LogP contribution in [0.4, 0.5) is 5.69 Å². The van der Waals surface area contributed by atoms with Crippen LogP contribution in [0.5, 0.6) is 0 Å². The molecule has 1 aliphatic rings. The van der Waals surface area contributed by atoms with E-state index in [4.69, 9.17) is 0 Å². The van der Waals surface area contributed by atoms with Crippen LogP contribution >= 0.6 is 0 Å². The smallest absolute Gasteiger partial charge is 0.278 e. The van der Waals surface area contributed by atoms with Crippen molar-refractivity contribution < 1.29 is 9.59 Å². The Balaban J connectivity index is 1.69. The van der Waals surface area contributed by atoms with E-state index >= 15 is 0 Å². The number of anilines is 1. The largest absolute Gasteiger partial charge is 0.326 e. The lowest BCUT2D eigenvalue weighted by Gasteiger charge is -2.20. The number of rotatable bonds is 6. The lowest BCUT2D eigenvalue weighted by Crippen LogP contribution is -2.24. The molecule has 5 heteroatoms. The molecular formula is C24H33N3O2. The van der Waals surface area contributed by atoms with E-state index < -0.39 is 0 Å². The quantitative estimate of drug-likeness (QED) is 0.722. The molecule has 1 aromatic carbocycles. The molecule has 1 aromatic heterocycles. The predicted octanol–water partition coefficient (Wildman–Crippen LogP) is 5.30.